The summed E-state index contributed by atoms with van der Waals surface area (Å²) in [5, 5.41) is 9.65. The fourth-order valence-electron chi connectivity index (χ4n) is 1.77. The van der Waals surface area contributed by atoms with Crippen LogP contribution in [0.3, 0.4) is 0 Å². The Balaban J connectivity index is 2.92. The van der Waals surface area contributed by atoms with E-state index in [1.54, 1.807) is 12.1 Å². The first-order valence-electron chi connectivity index (χ1n) is 6.02. The molecule has 1 aromatic carbocycles. The summed E-state index contributed by atoms with van der Waals surface area (Å²) in [6.45, 7) is 9.09. The van der Waals surface area contributed by atoms with E-state index in [0.29, 0.717) is 5.56 Å². The molecule has 0 fully saturated rings. The summed E-state index contributed by atoms with van der Waals surface area (Å²) in [7, 11) is 0. The summed E-state index contributed by atoms with van der Waals surface area (Å²) < 4.78 is 0. The van der Waals surface area contributed by atoms with E-state index in [1.807, 2.05) is 12.1 Å². The van der Waals surface area contributed by atoms with Gasteiger partial charge in [-0.1, -0.05) is 0 Å². The highest BCUT2D eigenvalue weighted by Gasteiger charge is 2.24. The van der Waals surface area contributed by atoms with Gasteiger partial charge in [0.2, 0.25) is 0 Å². The first kappa shape index (κ1) is 13.7. The van der Waals surface area contributed by atoms with E-state index in [1.165, 1.54) is 13.8 Å². The smallest absolute Gasteiger partial charge is 0.193 e. The fraction of sp³-hybridized carbons (Fsp3) is 0.500. The number of rotatable bonds is 5. The van der Waals surface area contributed by atoms with Crippen molar-refractivity contribution < 1.29 is 9.90 Å². The van der Waals surface area contributed by atoms with Crippen LogP contribution in [0, 0.1) is 0 Å². The Hall–Kier alpha value is -1.35. The zero-order valence-corrected chi connectivity index (χ0v) is 11.0. The summed E-state index contributed by atoms with van der Waals surface area (Å²) in [6, 6.07) is 7.39. The van der Waals surface area contributed by atoms with Crippen LogP contribution in [0.2, 0.25) is 0 Å². The van der Waals surface area contributed by atoms with Crippen molar-refractivity contribution in [3.8, 4) is 0 Å². The molecule has 3 nitrogen and oxygen atoms in total. The maximum absolute atomic E-state index is 11.8. The van der Waals surface area contributed by atoms with Gasteiger partial charge in [-0.25, -0.2) is 0 Å². The molecule has 0 aromatic heterocycles. The molecule has 17 heavy (non-hydrogen) atoms. The van der Waals surface area contributed by atoms with Crippen molar-refractivity contribution in [2.75, 3.05) is 18.0 Å². The molecule has 0 saturated carbocycles. The van der Waals surface area contributed by atoms with E-state index in [-0.39, 0.29) is 5.78 Å². The van der Waals surface area contributed by atoms with Gasteiger partial charge >= 0.3 is 0 Å². The van der Waals surface area contributed by atoms with Crippen LogP contribution in [0.4, 0.5) is 5.69 Å². The van der Waals surface area contributed by atoms with Crippen LogP contribution in [-0.2, 0) is 0 Å². The lowest BCUT2D eigenvalue weighted by Gasteiger charge is -2.21. The van der Waals surface area contributed by atoms with Crippen molar-refractivity contribution >= 4 is 11.5 Å². The number of Topliss-reactive ketones (excluding diaryl/α,β-unsaturated/α-hetero) is 1. The van der Waals surface area contributed by atoms with Gasteiger partial charge in [-0.15, -0.1) is 0 Å². The van der Waals surface area contributed by atoms with Crippen LogP contribution in [0.25, 0.3) is 0 Å². The van der Waals surface area contributed by atoms with Crippen molar-refractivity contribution in [2.45, 2.75) is 33.3 Å². The van der Waals surface area contributed by atoms with Crippen LogP contribution in [0.5, 0.6) is 0 Å². The van der Waals surface area contributed by atoms with Crippen LogP contribution < -0.4 is 4.90 Å². The third-order valence-corrected chi connectivity index (χ3v) is 2.81. The van der Waals surface area contributed by atoms with Crippen LogP contribution in [0.1, 0.15) is 38.1 Å². The van der Waals surface area contributed by atoms with E-state index >= 15 is 0 Å². The molecule has 0 spiro atoms. The lowest BCUT2D eigenvalue weighted by Crippen LogP contribution is -2.31. The molecule has 3 heteroatoms. The Bertz CT molecular complexity index is 372. The molecule has 0 radical (unpaired) electrons. The van der Waals surface area contributed by atoms with E-state index in [4.69, 9.17) is 0 Å². The molecule has 0 amide bonds. The highest BCUT2D eigenvalue weighted by atomic mass is 16.3. The molecule has 0 aliphatic heterocycles. The van der Waals surface area contributed by atoms with Crippen LogP contribution in [0.15, 0.2) is 24.3 Å². The average molecular weight is 235 g/mol. The first-order valence-corrected chi connectivity index (χ1v) is 6.02. The molecule has 0 saturated heterocycles. The predicted molar refractivity (Wildman–Crippen MR) is 70.6 cm³/mol. The molecule has 0 bridgehead atoms. The van der Waals surface area contributed by atoms with E-state index < -0.39 is 5.60 Å². The minimum atomic E-state index is -1.31. The SMILES string of the molecule is CCN(CC)c1ccc(C(=O)C(C)(C)O)cc1. The van der Waals surface area contributed by atoms with E-state index in [2.05, 4.69) is 18.7 Å². The largest absolute Gasteiger partial charge is 0.382 e. The molecule has 0 atom stereocenters. The molecular weight excluding hydrogens is 214 g/mol. The minimum Gasteiger partial charge on any atom is -0.382 e. The minimum absolute atomic E-state index is 0.247. The predicted octanol–water partition coefficient (Wildman–Crippen LogP) is 2.49. The summed E-state index contributed by atoms with van der Waals surface area (Å²) >= 11 is 0. The molecule has 1 rings (SSSR count). The molecule has 0 aliphatic carbocycles. The Labute approximate surface area is 103 Å². The van der Waals surface area contributed by atoms with E-state index in [0.717, 1.165) is 18.8 Å². The van der Waals surface area contributed by atoms with Gasteiger partial charge in [0.05, 0.1) is 0 Å². The Kier molecular flexibility index (Phi) is 4.29. The zero-order valence-electron chi connectivity index (χ0n) is 11.0. The van der Waals surface area contributed by atoms with Gasteiger partial charge in [0.25, 0.3) is 0 Å². The monoisotopic (exact) mass is 235 g/mol. The van der Waals surface area contributed by atoms with Gasteiger partial charge in [0.1, 0.15) is 5.60 Å². The van der Waals surface area contributed by atoms with Crippen LogP contribution in [-0.4, -0.2) is 29.6 Å². The van der Waals surface area contributed by atoms with Crippen molar-refractivity contribution in [3.63, 3.8) is 0 Å². The number of benzene rings is 1. The Morgan fingerprint density at radius 2 is 1.65 bits per heavy atom. The number of anilines is 1. The van der Waals surface area contributed by atoms with Gasteiger partial charge in [-0.3, -0.25) is 4.79 Å². The number of carbonyl (C=O) groups excluding carboxylic acids is 1. The summed E-state index contributed by atoms with van der Waals surface area (Å²) in [4.78, 5) is 14.0. The van der Waals surface area contributed by atoms with Crippen molar-refractivity contribution in [3.05, 3.63) is 29.8 Å². The maximum atomic E-state index is 11.8. The molecule has 94 valence electrons. The Morgan fingerprint density at radius 3 is 2.00 bits per heavy atom. The standard InChI is InChI=1S/C14H21NO2/c1-5-15(6-2)12-9-7-11(8-10-12)13(16)14(3,4)17/h7-10,17H,5-6H2,1-4H3. The van der Waals surface area contributed by atoms with Gasteiger partial charge in [0, 0.05) is 24.3 Å². The lowest BCUT2D eigenvalue weighted by atomic mass is 9.97. The molecule has 1 N–H and O–H groups in total. The van der Waals surface area contributed by atoms with E-state index in [9.17, 15) is 9.90 Å². The summed E-state index contributed by atoms with van der Waals surface area (Å²) in [5.41, 5.74) is 0.340. The van der Waals surface area contributed by atoms with Gasteiger partial charge in [-0.2, -0.15) is 0 Å². The first-order chi connectivity index (χ1) is 7.90. The third kappa shape index (κ3) is 3.30. The number of hydrogen-bond acceptors (Lipinski definition) is 3. The van der Waals surface area contributed by atoms with Crippen molar-refractivity contribution in [2.24, 2.45) is 0 Å². The van der Waals surface area contributed by atoms with Crippen molar-refractivity contribution in [1.82, 2.24) is 0 Å². The number of hydrogen-bond donors (Lipinski definition) is 1. The fourth-order valence-corrected chi connectivity index (χ4v) is 1.77. The van der Waals surface area contributed by atoms with Gasteiger partial charge < -0.3 is 10.0 Å². The normalized spacial score (nSPS) is 11.4. The summed E-state index contributed by atoms with van der Waals surface area (Å²) in [5.74, 6) is -0.247. The second kappa shape index (κ2) is 5.32. The topological polar surface area (TPSA) is 40.5 Å². The molecule has 0 heterocycles. The van der Waals surface area contributed by atoms with Gasteiger partial charge in [-0.05, 0) is 52.0 Å². The molecule has 1 aromatic rings. The third-order valence-electron chi connectivity index (χ3n) is 2.81. The second-order valence-corrected chi connectivity index (χ2v) is 4.61. The quantitative estimate of drug-likeness (QED) is 0.797. The molecule has 0 unspecified atom stereocenters. The van der Waals surface area contributed by atoms with Crippen LogP contribution >= 0.6 is 0 Å². The number of aliphatic hydroxyl groups is 1. The maximum Gasteiger partial charge on any atom is 0.193 e. The summed E-state index contributed by atoms with van der Waals surface area (Å²) in [6.07, 6.45) is 0. The molecular formula is C14H21NO2. The highest BCUT2D eigenvalue weighted by molar-refractivity contribution is 6.01. The lowest BCUT2D eigenvalue weighted by molar-refractivity contribution is 0.0488. The Morgan fingerprint density at radius 1 is 1.18 bits per heavy atom. The highest BCUT2D eigenvalue weighted by Crippen LogP contribution is 2.18. The number of ketones is 1. The van der Waals surface area contributed by atoms with Crippen molar-refractivity contribution in [1.29, 1.82) is 0 Å². The second-order valence-electron chi connectivity index (χ2n) is 4.61. The number of nitrogens with zero attached hydrogens (tertiary/aromatic N) is 1. The van der Waals surface area contributed by atoms with Gasteiger partial charge in [0.15, 0.2) is 5.78 Å². The molecule has 0 aliphatic rings. The average Bonchev–Trinajstić information content (AvgIpc) is 2.29. The number of carbonyl (C=O) groups is 1. The zero-order chi connectivity index (χ0) is 13.1.